The van der Waals surface area contributed by atoms with E-state index in [9.17, 15) is 9.90 Å². The van der Waals surface area contributed by atoms with Gasteiger partial charge in [0.05, 0.1) is 6.10 Å². The molecule has 1 rings (SSSR count). The van der Waals surface area contributed by atoms with Crippen LogP contribution < -0.4 is 4.74 Å². The Labute approximate surface area is 114 Å². The summed E-state index contributed by atoms with van der Waals surface area (Å²) in [5.74, 6) is -0.329. The number of carboxylic acid groups (broad SMARTS) is 1. The predicted molar refractivity (Wildman–Crippen MR) is 71.8 cm³/mol. The summed E-state index contributed by atoms with van der Waals surface area (Å²) >= 11 is 3.15. The van der Waals surface area contributed by atoms with Gasteiger partial charge in [-0.15, -0.1) is 0 Å². The van der Waals surface area contributed by atoms with Crippen LogP contribution in [0.5, 0.6) is 5.75 Å². The second-order valence-electron chi connectivity index (χ2n) is 3.82. The van der Waals surface area contributed by atoms with Crippen molar-refractivity contribution in [2.24, 2.45) is 0 Å². The lowest BCUT2D eigenvalue weighted by atomic mass is 10.2. The van der Waals surface area contributed by atoms with Gasteiger partial charge in [0.25, 0.3) is 0 Å². The lowest BCUT2D eigenvalue weighted by Crippen LogP contribution is -2.18. The van der Waals surface area contributed by atoms with Crippen LogP contribution in [0.1, 0.15) is 13.3 Å². The average Bonchev–Trinajstić information content (AvgIpc) is 2.36. The Kier molecular flexibility index (Phi) is 5.88. The number of ether oxygens (including phenoxy) is 1. The molecule has 0 aliphatic heterocycles. The Bertz CT molecular complexity index is 428. The van der Waals surface area contributed by atoms with Crippen molar-refractivity contribution in [2.45, 2.75) is 19.4 Å². The Morgan fingerprint density at radius 2 is 2.00 bits per heavy atom. The first kappa shape index (κ1) is 14.7. The number of aliphatic hydroxyl groups excluding tert-OH is 1. The highest BCUT2D eigenvalue weighted by atomic mass is 79.9. The monoisotopic (exact) mass is 314 g/mol. The van der Waals surface area contributed by atoms with Crippen LogP contribution in [0.25, 0.3) is 0 Å². The highest BCUT2D eigenvalue weighted by Gasteiger charge is 2.12. The highest BCUT2D eigenvalue weighted by molar-refractivity contribution is 9.11. The van der Waals surface area contributed by atoms with Crippen molar-refractivity contribution in [3.63, 3.8) is 0 Å². The summed E-state index contributed by atoms with van der Waals surface area (Å²) in [5.41, 5.74) is 0.189. The van der Waals surface area contributed by atoms with Gasteiger partial charge in [0.15, 0.2) is 0 Å². The molecular weight excluding hydrogens is 300 g/mol. The van der Waals surface area contributed by atoms with Crippen LogP contribution in [0.2, 0.25) is 0 Å². The molecule has 0 saturated carbocycles. The summed E-state index contributed by atoms with van der Waals surface area (Å²) in [4.78, 5) is 10.7. The molecule has 0 saturated heterocycles. The fourth-order valence-corrected chi connectivity index (χ4v) is 1.79. The van der Waals surface area contributed by atoms with Gasteiger partial charge in [-0.05, 0) is 19.1 Å². The van der Waals surface area contributed by atoms with E-state index in [1.54, 1.807) is 12.1 Å². The first-order valence-electron chi connectivity index (χ1n) is 5.45. The molecule has 0 amide bonds. The SMILES string of the molecule is CC(C(=O)O)=C(Br)CC(O)COc1ccccc1. The summed E-state index contributed by atoms with van der Waals surface area (Å²) in [7, 11) is 0. The van der Waals surface area contributed by atoms with Gasteiger partial charge in [0.2, 0.25) is 0 Å². The smallest absolute Gasteiger partial charge is 0.332 e. The van der Waals surface area contributed by atoms with Crippen LogP contribution in [-0.2, 0) is 4.79 Å². The fraction of sp³-hybridized carbons (Fsp3) is 0.308. The Hall–Kier alpha value is -1.33. The maximum absolute atomic E-state index is 10.7. The number of para-hydroxylation sites is 1. The van der Waals surface area contributed by atoms with Gasteiger partial charge in [-0.3, -0.25) is 0 Å². The quantitative estimate of drug-likeness (QED) is 0.792. The molecule has 5 heteroatoms. The molecule has 1 aromatic carbocycles. The van der Waals surface area contributed by atoms with Crippen LogP contribution in [0, 0.1) is 0 Å². The third-order valence-electron chi connectivity index (χ3n) is 2.33. The van der Waals surface area contributed by atoms with Gasteiger partial charge in [-0.1, -0.05) is 34.1 Å². The van der Waals surface area contributed by atoms with Crippen LogP contribution >= 0.6 is 15.9 Å². The first-order chi connectivity index (χ1) is 8.50. The first-order valence-corrected chi connectivity index (χ1v) is 6.24. The molecule has 0 heterocycles. The van der Waals surface area contributed by atoms with Gasteiger partial charge >= 0.3 is 5.97 Å². The van der Waals surface area contributed by atoms with Gasteiger partial charge in [0, 0.05) is 16.5 Å². The van der Waals surface area contributed by atoms with Crippen molar-refractivity contribution in [3.8, 4) is 5.75 Å². The van der Waals surface area contributed by atoms with E-state index in [1.165, 1.54) is 6.92 Å². The second-order valence-corrected chi connectivity index (χ2v) is 4.77. The molecule has 0 aliphatic carbocycles. The molecule has 0 aromatic heterocycles. The minimum atomic E-state index is -1.00. The lowest BCUT2D eigenvalue weighted by Gasteiger charge is -2.12. The molecule has 1 atom stereocenters. The summed E-state index contributed by atoms with van der Waals surface area (Å²) in [5, 5.41) is 18.5. The Balaban J connectivity index is 2.45. The third-order valence-corrected chi connectivity index (χ3v) is 3.25. The summed E-state index contributed by atoms with van der Waals surface area (Å²) in [6.45, 7) is 1.60. The molecule has 1 aromatic rings. The van der Waals surface area contributed by atoms with Crippen molar-refractivity contribution < 1.29 is 19.7 Å². The summed E-state index contributed by atoms with van der Waals surface area (Å²) in [6.07, 6.45) is -0.542. The number of hydrogen-bond donors (Lipinski definition) is 2. The second kappa shape index (κ2) is 7.18. The molecule has 0 bridgehead atoms. The zero-order chi connectivity index (χ0) is 13.5. The number of benzene rings is 1. The van der Waals surface area contributed by atoms with E-state index in [0.717, 1.165) is 0 Å². The molecule has 4 nitrogen and oxygen atoms in total. The maximum atomic E-state index is 10.7. The number of hydrogen-bond acceptors (Lipinski definition) is 3. The van der Waals surface area contributed by atoms with Gasteiger partial charge in [-0.2, -0.15) is 0 Å². The van der Waals surface area contributed by atoms with Crippen LogP contribution in [-0.4, -0.2) is 28.9 Å². The van der Waals surface area contributed by atoms with Gasteiger partial charge < -0.3 is 14.9 Å². The third kappa shape index (κ3) is 4.89. The van der Waals surface area contributed by atoms with Crippen molar-refractivity contribution in [2.75, 3.05) is 6.61 Å². The fourth-order valence-electron chi connectivity index (χ4n) is 1.24. The zero-order valence-electron chi connectivity index (χ0n) is 9.97. The van der Waals surface area contributed by atoms with E-state index < -0.39 is 12.1 Å². The van der Waals surface area contributed by atoms with E-state index in [1.807, 2.05) is 18.2 Å². The molecule has 98 valence electrons. The van der Waals surface area contributed by atoms with E-state index in [0.29, 0.717) is 10.2 Å². The number of carboxylic acids is 1. The Morgan fingerprint density at radius 1 is 1.39 bits per heavy atom. The zero-order valence-corrected chi connectivity index (χ0v) is 11.6. The predicted octanol–water partition coefficient (Wildman–Crippen LogP) is 2.57. The van der Waals surface area contributed by atoms with Crippen molar-refractivity contribution >= 4 is 21.9 Å². The van der Waals surface area contributed by atoms with E-state index in [-0.39, 0.29) is 18.6 Å². The van der Waals surface area contributed by atoms with Crippen molar-refractivity contribution in [3.05, 3.63) is 40.4 Å². The van der Waals surface area contributed by atoms with E-state index >= 15 is 0 Å². The van der Waals surface area contributed by atoms with E-state index in [2.05, 4.69) is 15.9 Å². The molecule has 0 aliphatic rings. The normalized spacial score (nSPS) is 13.7. The van der Waals surface area contributed by atoms with Crippen LogP contribution in [0.4, 0.5) is 0 Å². The largest absolute Gasteiger partial charge is 0.491 e. The Morgan fingerprint density at radius 3 is 2.56 bits per heavy atom. The minimum absolute atomic E-state index is 0.117. The topological polar surface area (TPSA) is 66.8 Å². The van der Waals surface area contributed by atoms with Crippen molar-refractivity contribution in [1.82, 2.24) is 0 Å². The lowest BCUT2D eigenvalue weighted by molar-refractivity contribution is -0.132. The van der Waals surface area contributed by atoms with Gasteiger partial charge in [0.1, 0.15) is 12.4 Å². The standard InChI is InChI=1S/C13H15BrO4/c1-9(13(16)17)12(14)7-10(15)8-18-11-5-3-2-4-6-11/h2-6,10,15H,7-8H2,1H3,(H,16,17). The minimum Gasteiger partial charge on any atom is -0.491 e. The highest BCUT2D eigenvalue weighted by Crippen LogP contribution is 2.19. The maximum Gasteiger partial charge on any atom is 0.332 e. The van der Waals surface area contributed by atoms with E-state index in [4.69, 9.17) is 9.84 Å². The number of aliphatic hydroxyl groups is 1. The molecule has 18 heavy (non-hydrogen) atoms. The molecule has 0 radical (unpaired) electrons. The summed E-state index contributed by atoms with van der Waals surface area (Å²) < 4.78 is 5.84. The molecule has 0 fully saturated rings. The number of aliphatic carboxylic acids is 1. The van der Waals surface area contributed by atoms with Crippen LogP contribution in [0.3, 0.4) is 0 Å². The molecule has 0 spiro atoms. The van der Waals surface area contributed by atoms with Crippen molar-refractivity contribution in [1.29, 1.82) is 0 Å². The number of halogens is 1. The van der Waals surface area contributed by atoms with Crippen LogP contribution in [0.15, 0.2) is 40.4 Å². The molecular formula is C13H15BrO4. The summed E-state index contributed by atoms with van der Waals surface area (Å²) in [6, 6.07) is 9.14. The average molecular weight is 315 g/mol. The number of rotatable bonds is 6. The van der Waals surface area contributed by atoms with Gasteiger partial charge in [-0.25, -0.2) is 4.79 Å². The number of carbonyl (C=O) groups is 1. The molecule has 2 N–H and O–H groups in total. The molecule has 1 unspecified atom stereocenters.